The molecule has 0 saturated carbocycles. The molecule has 2 atom stereocenters. The second-order valence-electron chi connectivity index (χ2n) is 7.39. The lowest BCUT2D eigenvalue weighted by atomic mass is 10.0. The third kappa shape index (κ3) is 4.24. The maximum atomic E-state index is 13.0. The number of amides is 1. The third-order valence-corrected chi connectivity index (χ3v) is 5.71. The first-order valence-corrected chi connectivity index (χ1v) is 10.0. The van der Waals surface area contributed by atoms with Gasteiger partial charge in [0, 0.05) is 12.5 Å². The molecule has 2 aromatic heterocycles. The maximum Gasteiger partial charge on any atom is 0.257 e. The van der Waals surface area contributed by atoms with Gasteiger partial charge >= 0.3 is 0 Å². The first-order valence-electron chi connectivity index (χ1n) is 9.12. The zero-order valence-corrected chi connectivity index (χ0v) is 16.7. The Morgan fingerprint density at radius 3 is 2.81 bits per heavy atom. The predicted octanol–water partition coefficient (Wildman–Crippen LogP) is 4.39. The summed E-state index contributed by atoms with van der Waals surface area (Å²) in [6.07, 6.45) is 3.40. The van der Waals surface area contributed by atoms with Gasteiger partial charge in [0.2, 0.25) is 0 Å². The van der Waals surface area contributed by atoms with E-state index < -0.39 is 0 Å². The maximum absolute atomic E-state index is 13.0. The van der Waals surface area contributed by atoms with E-state index in [9.17, 15) is 4.79 Å². The second-order valence-corrected chi connectivity index (χ2v) is 8.34. The number of likely N-dealkylation sites (N-methyl/N-ethyl adjacent to an activating group) is 1. The molecule has 3 heterocycles. The quantitative estimate of drug-likeness (QED) is 0.723. The van der Waals surface area contributed by atoms with Crippen molar-refractivity contribution in [2.45, 2.75) is 45.7 Å². The number of hydrogen-bond donors (Lipinski definition) is 0. The number of rotatable bonds is 7. The largest absolute Gasteiger partial charge is 0.467 e. The Bertz CT molecular complexity index is 737. The van der Waals surface area contributed by atoms with Crippen LogP contribution in [0, 0.1) is 5.92 Å². The zero-order chi connectivity index (χ0) is 18.7. The number of nitrogens with zero attached hydrogens (tertiary/aromatic N) is 3. The van der Waals surface area contributed by atoms with E-state index in [1.165, 1.54) is 0 Å². The Labute approximate surface area is 159 Å². The highest BCUT2D eigenvalue weighted by Crippen LogP contribution is 2.34. The summed E-state index contributed by atoms with van der Waals surface area (Å²) < 4.78 is 5.59. The van der Waals surface area contributed by atoms with E-state index in [0.717, 1.165) is 22.8 Å². The van der Waals surface area contributed by atoms with E-state index in [2.05, 4.69) is 30.8 Å². The van der Waals surface area contributed by atoms with Crippen LogP contribution >= 0.6 is 11.3 Å². The number of thiophene rings is 1. The van der Waals surface area contributed by atoms with Gasteiger partial charge in [0.15, 0.2) is 0 Å². The lowest BCUT2D eigenvalue weighted by Crippen LogP contribution is -2.40. The molecule has 26 heavy (non-hydrogen) atoms. The lowest BCUT2D eigenvalue weighted by molar-refractivity contribution is -0.134. The van der Waals surface area contributed by atoms with Gasteiger partial charge in [-0.2, -0.15) is 5.10 Å². The molecule has 1 aliphatic rings. The summed E-state index contributed by atoms with van der Waals surface area (Å²) in [5.74, 6) is 1.40. The summed E-state index contributed by atoms with van der Waals surface area (Å²) in [5, 5.41) is 8.32. The van der Waals surface area contributed by atoms with Crippen LogP contribution in [0.1, 0.15) is 50.3 Å². The molecule has 0 aliphatic carbocycles. The number of carbonyl (C=O) groups excluding carboxylic acids is 1. The van der Waals surface area contributed by atoms with Crippen molar-refractivity contribution in [3.63, 3.8) is 0 Å². The van der Waals surface area contributed by atoms with Crippen molar-refractivity contribution < 1.29 is 9.21 Å². The fourth-order valence-corrected chi connectivity index (χ4v) is 4.06. The number of hydrogen-bond acceptors (Lipinski definition) is 5. The topological polar surface area (TPSA) is 49.1 Å². The highest BCUT2D eigenvalue weighted by Gasteiger charge is 2.35. The van der Waals surface area contributed by atoms with Gasteiger partial charge in [0.1, 0.15) is 11.8 Å². The Kier molecular flexibility index (Phi) is 5.94. The highest BCUT2D eigenvalue weighted by atomic mass is 32.1. The minimum absolute atomic E-state index is 0.0102. The molecule has 0 saturated heterocycles. The molecule has 1 aliphatic heterocycles. The Morgan fingerprint density at radius 2 is 2.19 bits per heavy atom. The summed E-state index contributed by atoms with van der Waals surface area (Å²) in [6.45, 7) is 6.93. The molecule has 0 spiro atoms. The van der Waals surface area contributed by atoms with Gasteiger partial charge in [0.05, 0.1) is 23.4 Å². The van der Waals surface area contributed by atoms with Gasteiger partial charge in [-0.3, -0.25) is 9.69 Å². The first kappa shape index (κ1) is 18.9. The molecule has 140 valence electrons. The van der Waals surface area contributed by atoms with E-state index in [1.54, 1.807) is 22.6 Å². The molecule has 0 aromatic carbocycles. The van der Waals surface area contributed by atoms with E-state index >= 15 is 0 Å². The van der Waals surface area contributed by atoms with Crippen molar-refractivity contribution in [1.29, 1.82) is 0 Å². The SMILES string of the molecule is CC(C)CC(C)N(C)CC(=O)N1N=C(c2cccs2)CC1c1ccco1. The molecule has 1 amide bonds. The van der Waals surface area contributed by atoms with Gasteiger partial charge < -0.3 is 4.42 Å². The summed E-state index contributed by atoms with van der Waals surface area (Å²) in [7, 11) is 2.01. The average molecular weight is 374 g/mol. The molecule has 5 nitrogen and oxygen atoms in total. The summed E-state index contributed by atoms with van der Waals surface area (Å²) in [4.78, 5) is 16.2. The molecule has 0 fully saturated rings. The van der Waals surface area contributed by atoms with E-state index in [-0.39, 0.29) is 11.9 Å². The standard InChI is InChI=1S/C20H27N3O2S/c1-14(2)11-15(3)22(4)13-20(24)23-17(18-7-5-9-25-18)12-16(21-23)19-8-6-10-26-19/h5-10,14-15,17H,11-13H2,1-4H3. The van der Waals surface area contributed by atoms with Crippen LogP contribution in [0.15, 0.2) is 45.4 Å². The van der Waals surface area contributed by atoms with Crippen LogP contribution in [0.3, 0.4) is 0 Å². The van der Waals surface area contributed by atoms with Crippen LogP contribution in [-0.2, 0) is 4.79 Å². The van der Waals surface area contributed by atoms with E-state index in [0.29, 0.717) is 24.9 Å². The first-order chi connectivity index (χ1) is 12.5. The minimum Gasteiger partial charge on any atom is -0.467 e. The number of carbonyl (C=O) groups is 1. The van der Waals surface area contributed by atoms with Crippen molar-refractivity contribution in [3.8, 4) is 0 Å². The summed E-state index contributed by atoms with van der Waals surface area (Å²) in [5.41, 5.74) is 0.952. The molecule has 2 unspecified atom stereocenters. The van der Waals surface area contributed by atoms with Crippen LogP contribution in [0.2, 0.25) is 0 Å². The molecule has 2 aromatic rings. The van der Waals surface area contributed by atoms with E-state index in [4.69, 9.17) is 4.42 Å². The van der Waals surface area contributed by atoms with Crippen LogP contribution in [0.4, 0.5) is 0 Å². The lowest BCUT2D eigenvalue weighted by Gasteiger charge is -2.28. The minimum atomic E-state index is -0.164. The van der Waals surface area contributed by atoms with E-state index in [1.807, 2.05) is 36.7 Å². The van der Waals surface area contributed by atoms with Gasteiger partial charge in [-0.15, -0.1) is 11.3 Å². The molecular formula is C20H27N3O2S. The second kappa shape index (κ2) is 8.18. The van der Waals surface area contributed by atoms with Crippen LogP contribution in [0.5, 0.6) is 0 Å². The summed E-state index contributed by atoms with van der Waals surface area (Å²) in [6, 6.07) is 8.03. The van der Waals surface area contributed by atoms with Crippen molar-refractivity contribution in [1.82, 2.24) is 9.91 Å². The Hall–Kier alpha value is -1.92. The Morgan fingerprint density at radius 1 is 1.38 bits per heavy atom. The summed E-state index contributed by atoms with van der Waals surface area (Å²) >= 11 is 1.65. The third-order valence-electron chi connectivity index (χ3n) is 4.79. The fourth-order valence-electron chi connectivity index (χ4n) is 3.34. The monoisotopic (exact) mass is 373 g/mol. The normalized spacial score (nSPS) is 18.6. The fraction of sp³-hybridized carbons (Fsp3) is 0.500. The van der Waals surface area contributed by atoms with Crippen molar-refractivity contribution in [2.75, 3.05) is 13.6 Å². The predicted molar refractivity (Wildman–Crippen MR) is 105 cm³/mol. The van der Waals surface area contributed by atoms with Crippen LogP contribution in [-0.4, -0.2) is 41.2 Å². The van der Waals surface area contributed by atoms with Crippen LogP contribution in [0.25, 0.3) is 0 Å². The number of furan rings is 1. The molecule has 0 N–H and O–H groups in total. The molecule has 0 radical (unpaired) electrons. The smallest absolute Gasteiger partial charge is 0.257 e. The molecule has 6 heteroatoms. The van der Waals surface area contributed by atoms with Gasteiger partial charge in [0.25, 0.3) is 5.91 Å². The molecular weight excluding hydrogens is 346 g/mol. The van der Waals surface area contributed by atoms with Gasteiger partial charge in [-0.25, -0.2) is 5.01 Å². The molecule has 3 rings (SSSR count). The number of hydrazone groups is 1. The van der Waals surface area contributed by atoms with Crippen molar-refractivity contribution >= 4 is 23.0 Å². The Balaban J connectivity index is 1.76. The zero-order valence-electron chi connectivity index (χ0n) is 15.9. The van der Waals surface area contributed by atoms with Gasteiger partial charge in [-0.1, -0.05) is 19.9 Å². The van der Waals surface area contributed by atoms with Crippen molar-refractivity contribution in [2.24, 2.45) is 11.0 Å². The molecule has 0 bridgehead atoms. The average Bonchev–Trinajstić information content (AvgIpc) is 3.32. The van der Waals surface area contributed by atoms with Crippen LogP contribution < -0.4 is 0 Å². The highest BCUT2D eigenvalue weighted by molar-refractivity contribution is 7.12. The van der Waals surface area contributed by atoms with Gasteiger partial charge in [-0.05, 0) is 49.9 Å². The van der Waals surface area contributed by atoms with Crippen molar-refractivity contribution in [3.05, 3.63) is 46.5 Å².